The molecule has 0 bridgehead atoms. The molecular weight excluding hydrogens is 130 g/mol. The van der Waals surface area contributed by atoms with Crippen LogP contribution in [0.1, 0.15) is 19.3 Å². The molecular formula is C7H11NO2. The Morgan fingerprint density at radius 2 is 2.50 bits per heavy atom. The molecule has 1 aliphatic rings. The number of rotatable bonds is 2. The van der Waals surface area contributed by atoms with Crippen LogP contribution >= 0.6 is 0 Å². The Hall–Kier alpha value is -0.830. The van der Waals surface area contributed by atoms with E-state index < -0.39 is 0 Å². The van der Waals surface area contributed by atoms with Crippen LogP contribution in [0.25, 0.3) is 0 Å². The highest BCUT2D eigenvalue weighted by molar-refractivity contribution is 5.95. The lowest BCUT2D eigenvalue weighted by atomic mass is 10.0. The monoisotopic (exact) mass is 141 g/mol. The van der Waals surface area contributed by atoms with E-state index in [-0.39, 0.29) is 5.78 Å². The number of hydrogen-bond acceptors (Lipinski definition) is 3. The SMILES string of the molecule is CONC1=CCCCC1=O. The lowest BCUT2D eigenvalue weighted by Gasteiger charge is -2.11. The highest BCUT2D eigenvalue weighted by Gasteiger charge is 2.11. The molecule has 1 rings (SSSR count). The Kier molecular flexibility index (Phi) is 2.45. The first-order chi connectivity index (χ1) is 4.84. The normalized spacial score (nSPS) is 18.5. The van der Waals surface area contributed by atoms with Gasteiger partial charge in [-0.05, 0) is 12.8 Å². The first-order valence-corrected chi connectivity index (χ1v) is 3.37. The number of allylic oxidation sites excluding steroid dienone is 2. The second-order valence-electron chi connectivity index (χ2n) is 2.24. The molecule has 0 heterocycles. The third-order valence-electron chi connectivity index (χ3n) is 1.47. The second kappa shape index (κ2) is 3.37. The molecule has 0 fully saturated rings. The molecule has 0 radical (unpaired) electrons. The summed E-state index contributed by atoms with van der Waals surface area (Å²) in [4.78, 5) is 15.6. The van der Waals surface area contributed by atoms with Crippen LogP contribution in [-0.2, 0) is 9.63 Å². The molecule has 3 heteroatoms. The minimum absolute atomic E-state index is 0.146. The zero-order valence-electron chi connectivity index (χ0n) is 6.02. The third kappa shape index (κ3) is 1.57. The van der Waals surface area contributed by atoms with Gasteiger partial charge in [0, 0.05) is 6.42 Å². The van der Waals surface area contributed by atoms with Gasteiger partial charge < -0.3 is 0 Å². The molecule has 1 N–H and O–H groups in total. The Bertz CT molecular complexity index is 163. The summed E-state index contributed by atoms with van der Waals surface area (Å²) < 4.78 is 0. The molecule has 0 aromatic heterocycles. The minimum Gasteiger partial charge on any atom is -0.292 e. The molecule has 0 saturated heterocycles. The standard InChI is InChI=1S/C7H11NO2/c1-10-8-6-4-2-3-5-7(6)9/h4,8H,2-3,5H2,1H3. The number of carbonyl (C=O) groups excluding carboxylic acids is 1. The highest BCUT2D eigenvalue weighted by atomic mass is 16.6. The van der Waals surface area contributed by atoms with E-state index in [1.54, 1.807) is 0 Å². The summed E-state index contributed by atoms with van der Waals surface area (Å²) in [6.07, 6.45) is 4.45. The predicted molar refractivity (Wildman–Crippen MR) is 37.1 cm³/mol. The predicted octanol–water partition coefficient (Wildman–Crippen LogP) is 0.774. The molecule has 0 aliphatic heterocycles. The van der Waals surface area contributed by atoms with Gasteiger partial charge in [0.25, 0.3) is 0 Å². The number of hydrogen-bond donors (Lipinski definition) is 1. The van der Waals surface area contributed by atoms with Gasteiger partial charge in [0.2, 0.25) is 0 Å². The number of ketones is 1. The molecule has 56 valence electrons. The van der Waals surface area contributed by atoms with Crippen molar-refractivity contribution >= 4 is 5.78 Å². The lowest BCUT2D eigenvalue weighted by Crippen LogP contribution is -2.21. The van der Waals surface area contributed by atoms with Crippen LogP contribution in [0.5, 0.6) is 0 Å². The van der Waals surface area contributed by atoms with Crippen molar-refractivity contribution in [1.29, 1.82) is 0 Å². The maximum absolute atomic E-state index is 11.0. The summed E-state index contributed by atoms with van der Waals surface area (Å²) in [6, 6.07) is 0. The van der Waals surface area contributed by atoms with Gasteiger partial charge in [-0.25, -0.2) is 0 Å². The number of nitrogens with one attached hydrogen (secondary N) is 1. The molecule has 0 aromatic carbocycles. The van der Waals surface area contributed by atoms with Crippen molar-refractivity contribution < 1.29 is 9.63 Å². The molecule has 0 saturated carbocycles. The molecule has 0 unspecified atom stereocenters. The van der Waals surface area contributed by atoms with Crippen LogP contribution in [0.4, 0.5) is 0 Å². The Labute approximate surface area is 60.0 Å². The summed E-state index contributed by atoms with van der Waals surface area (Å²) in [5.41, 5.74) is 3.15. The van der Waals surface area contributed by atoms with Crippen LogP contribution < -0.4 is 5.48 Å². The average molecular weight is 141 g/mol. The largest absolute Gasteiger partial charge is 0.292 e. The smallest absolute Gasteiger partial charge is 0.180 e. The van der Waals surface area contributed by atoms with Gasteiger partial charge >= 0.3 is 0 Å². The van der Waals surface area contributed by atoms with E-state index in [0.717, 1.165) is 12.8 Å². The zero-order valence-corrected chi connectivity index (χ0v) is 6.02. The van der Waals surface area contributed by atoms with Crippen molar-refractivity contribution in [3.63, 3.8) is 0 Å². The minimum atomic E-state index is 0.146. The van der Waals surface area contributed by atoms with Crippen LogP contribution in [-0.4, -0.2) is 12.9 Å². The summed E-state index contributed by atoms with van der Waals surface area (Å²) in [5.74, 6) is 0.146. The Morgan fingerprint density at radius 3 is 3.10 bits per heavy atom. The van der Waals surface area contributed by atoms with E-state index >= 15 is 0 Å². The van der Waals surface area contributed by atoms with E-state index in [2.05, 4.69) is 10.3 Å². The molecule has 3 nitrogen and oxygen atoms in total. The van der Waals surface area contributed by atoms with Gasteiger partial charge in [0.15, 0.2) is 5.78 Å². The molecule has 1 aliphatic carbocycles. The van der Waals surface area contributed by atoms with Crippen molar-refractivity contribution in [2.45, 2.75) is 19.3 Å². The summed E-state index contributed by atoms with van der Waals surface area (Å²) in [7, 11) is 1.50. The fraction of sp³-hybridized carbons (Fsp3) is 0.571. The first kappa shape index (κ1) is 7.28. The summed E-state index contributed by atoms with van der Waals surface area (Å²) in [5, 5.41) is 0. The summed E-state index contributed by atoms with van der Waals surface area (Å²) in [6.45, 7) is 0. The van der Waals surface area contributed by atoms with Crippen molar-refractivity contribution in [1.82, 2.24) is 5.48 Å². The van der Waals surface area contributed by atoms with E-state index in [0.29, 0.717) is 12.1 Å². The fourth-order valence-electron chi connectivity index (χ4n) is 0.966. The number of Topliss-reactive ketones (excluding diaryl/α,β-unsaturated/α-hetero) is 1. The Morgan fingerprint density at radius 1 is 1.70 bits per heavy atom. The van der Waals surface area contributed by atoms with Crippen LogP contribution in [0.15, 0.2) is 11.8 Å². The van der Waals surface area contributed by atoms with Crippen molar-refractivity contribution in [3.8, 4) is 0 Å². The van der Waals surface area contributed by atoms with E-state index in [9.17, 15) is 4.79 Å². The van der Waals surface area contributed by atoms with Crippen LogP contribution in [0.3, 0.4) is 0 Å². The van der Waals surface area contributed by atoms with Crippen LogP contribution in [0.2, 0.25) is 0 Å². The van der Waals surface area contributed by atoms with E-state index in [4.69, 9.17) is 0 Å². The lowest BCUT2D eigenvalue weighted by molar-refractivity contribution is -0.117. The van der Waals surface area contributed by atoms with E-state index in [1.807, 2.05) is 6.08 Å². The third-order valence-corrected chi connectivity index (χ3v) is 1.47. The second-order valence-corrected chi connectivity index (χ2v) is 2.24. The van der Waals surface area contributed by atoms with Gasteiger partial charge in [0.05, 0.1) is 12.8 Å². The van der Waals surface area contributed by atoms with Gasteiger partial charge in [-0.15, -0.1) is 0 Å². The fourth-order valence-corrected chi connectivity index (χ4v) is 0.966. The molecule has 0 spiro atoms. The average Bonchev–Trinajstić information content (AvgIpc) is 1.94. The van der Waals surface area contributed by atoms with Gasteiger partial charge in [-0.1, -0.05) is 6.08 Å². The molecule has 0 aromatic rings. The topological polar surface area (TPSA) is 38.3 Å². The van der Waals surface area contributed by atoms with Gasteiger partial charge in [-0.2, -0.15) is 0 Å². The molecule has 10 heavy (non-hydrogen) atoms. The summed E-state index contributed by atoms with van der Waals surface area (Å²) >= 11 is 0. The first-order valence-electron chi connectivity index (χ1n) is 3.37. The van der Waals surface area contributed by atoms with Gasteiger partial charge in [0.1, 0.15) is 0 Å². The van der Waals surface area contributed by atoms with Crippen molar-refractivity contribution in [3.05, 3.63) is 11.8 Å². The van der Waals surface area contributed by atoms with Crippen LogP contribution in [0, 0.1) is 0 Å². The molecule has 0 atom stereocenters. The maximum Gasteiger partial charge on any atom is 0.180 e. The van der Waals surface area contributed by atoms with Crippen molar-refractivity contribution in [2.75, 3.05) is 7.11 Å². The van der Waals surface area contributed by atoms with E-state index in [1.165, 1.54) is 7.11 Å². The maximum atomic E-state index is 11.0. The quantitative estimate of drug-likeness (QED) is 0.577. The van der Waals surface area contributed by atoms with Gasteiger partial charge in [-0.3, -0.25) is 15.1 Å². The van der Waals surface area contributed by atoms with Crippen molar-refractivity contribution in [2.24, 2.45) is 0 Å². The Balaban J connectivity index is 2.53. The zero-order chi connectivity index (χ0) is 7.40. The molecule has 0 amide bonds. The number of hydroxylamine groups is 1. The number of carbonyl (C=O) groups is 1. The highest BCUT2D eigenvalue weighted by Crippen LogP contribution is 2.10.